The lowest BCUT2D eigenvalue weighted by Crippen LogP contribution is -2.02. The molecule has 0 unspecified atom stereocenters. The Morgan fingerprint density at radius 3 is 2.40 bits per heavy atom. The third-order valence-corrected chi connectivity index (χ3v) is 2.77. The molecule has 102 valence electrons. The molecule has 0 N–H and O–H groups in total. The van der Waals surface area contributed by atoms with Gasteiger partial charge in [-0.25, -0.2) is 9.18 Å². The van der Waals surface area contributed by atoms with Gasteiger partial charge in [-0.3, -0.25) is 10.1 Å². The molecule has 2 aromatic rings. The number of hydrogen-bond acceptors (Lipinski definition) is 4. The van der Waals surface area contributed by atoms with Crippen LogP contribution in [0, 0.1) is 15.9 Å². The Hall–Kier alpha value is -2.76. The number of benzene rings is 2. The van der Waals surface area contributed by atoms with Gasteiger partial charge in [-0.05, 0) is 29.8 Å². The van der Waals surface area contributed by atoms with E-state index in [9.17, 15) is 19.3 Å². The second-order valence-corrected chi connectivity index (χ2v) is 3.99. The van der Waals surface area contributed by atoms with Crippen LogP contribution in [0.25, 0.3) is 11.1 Å². The molecule has 0 bridgehead atoms. The SMILES string of the molecule is COC(=O)c1ccc(-c2ccc(F)cc2)c([N+](=O)[O-])c1. The van der Waals surface area contributed by atoms with E-state index in [1.807, 2.05) is 0 Å². The first-order valence-electron chi connectivity index (χ1n) is 5.65. The summed E-state index contributed by atoms with van der Waals surface area (Å²) in [5, 5.41) is 11.1. The summed E-state index contributed by atoms with van der Waals surface area (Å²) in [6.07, 6.45) is 0. The van der Waals surface area contributed by atoms with Crippen LogP contribution in [0.15, 0.2) is 42.5 Å². The van der Waals surface area contributed by atoms with Gasteiger partial charge in [-0.2, -0.15) is 0 Å². The van der Waals surface area contributed by atoms with Crippen molar-refractivity contribution in [1.82, 2.24) is 0 Å². The molecular weight excluding hydrogens is 265 g/mol. The molecule has 0 radical (unpaired) electrons. The Labute approximate surface area is 113 Å². The van der Waals surface area contributed by atoms with Crippen LogP contribution in [0.3, 0.4) is 0 Å². The van der Waals surface area contributed by atoms with E-state index < -0.39 is 16.7 Å². The minimum absolute atomic E-state index is 0.0880. The molecule has 0 aliphatic heterocycles. The smallest absolute Gasteiger partial charge is 0.338 e. The Bertz CT molecular complexity index is 667. The Kier molecular flexibility index (Phi) is 3.74. The van der Waals surface area contributed by atoms with Gasteiger partial charge in [0, 0.05) is 6.07 Å². The van der Waals surface area contributed by atoms with Crippen molar-refractivity contribution in [2.45, 2.75) is 0 Å². The molecule has 0 aliphatic rings. The molecule has 0 amide bonds. The van der Waals surface area contributed by atoms with Crippen molar-refractivity contribution in [3.05, 3.63) is 64.0 Å². The van der Waals surface area contributed by atoms with E-state index in [0.29, 0.717) is 11.1 Å². The predicted octanol–water partition coefficient (Wildman–Crippen LogP) is 3.19. The van der Waals surface area contributed by atoms with Gasteiger partial charge >= 0.3 is 5.97 Å². The van der Waals surface area contributed by atoms with E-state index >= 15 is 0 Å². The molecule has 0 atom stereocenters. The van der Waals surface area contributed by atoms with E-state index in [1.165, 1.54) is 43.5 Å². The summed E-state index contributed by atoms with van der Waals surface area (Å²) in [6.45, 7) is 0. The Morgan fingerprint density at radius 1 is 1.20 bits per heavy atom. The quantitative estimate of drug-likeness (QED) is 0.490. The lowest BCUT2D eigenvalue weighted by Gasteiger charge is -2.05. The van der Waals surface area contributed by atoms with Gasteiger partial charge in [-0.1, -0.05) is 12.1 Å². The molecule has 0 spiro atoms. The third-order valence-electron chi connectivity index (χ3n) is 2.77. The highest BCUT2D eigenvalue weighted by atomic mass is 19.1. The number of nitrogens with zero attached hydrogens (tertiary/aromatic N) is 1. The first-order chi connectivity index (χ1) is 9.52. The number of esters is 1. The average molecular weight is 275 g/mol. The molecule has 2 aromatic carbocycles. The fourth-order valence-corrected chi connectivity index (χ4v) is 1.80. The standard InChI is InChI=1S/C14H10FNO4/c1-20-14(17)10-4-7-12(13(8-10)16(18)19)9-2-5-11(15)6-3-9/h2-8H,1H3. The summed E-state index contributed by atoms with van der Waals surface area (Å²) in [5.41, 5.74) is 0.654. The minimum atomic E-state index is -0.654. The van der Waals surface area contributed by atoms with Gasteiger partial charge < -0.3 is 4.74 Å². The van der Waals surface area contributed by atoms with E-state index in [2.05, 4.69) is 4.74 Å². The zero-order valence-electron chi connectivity index (χ0n) is 10.5. The van der Waals surface area contributed by atoms with Gasteiger partial charge in [0.1, 0.15) is 5.82 Å². The summed E-state index contributed by atoms with van der Waals surface area (Å²) in [6, 6.07) is 9.32. The number of carbonyl (C=O) groups excluding carboxylic acids is 1. The number of rotatable bonds is 3. The highest BCUT2D eigenvalue weighted by molar-refractivity contribution is 5.92. The molecule has 5 nitrogen and oxygen atoms in total. The highest BCUT2D eigenvalue weighted by Crippen LogP contribution is 2.31. The molecule has 0 saturated carbocycles. The van der Waals surface area contributed by atoms with Crippen molar-refractivity contribution in [3.8, 4) is 11.1 Å². The summed E-state index contributed by atoms with van der Waals surface area (Å²) >= 11 is 0. The maximum atomic E-state index is 12.9. The highest BCUT2D eigenvalue weighted by Gasteiger charge is 2.19. The normalized spacial score (nSPS) is 10.1. The number of nitro benzene ring substituents is 1. The number of hydrogen-bond donors (Lipinski definition) is 0. The molecule has 0 fully saturated rings. The van der Waals surface area contributed by atoms with E-state index in [4.69, 9.17) is 0 Å². The van der Waals surface area contributed by atoms with Crippen LogP contribution in [0.1, 0.15) is 10.4 Å². The summed E-state index contributed by atoms with van der Waals surface area (Å²) in [5.74, 6) is -1.08. The topological polar surface area (TPSA) is 69.4 Å². The molecule has 20 heavy (non-hydrogen) atoms. The van der Waals surface area contributed by atoms with Crippen LogP contribution in [-0.2, 0) is 4.74 Å². The second kappa shape index (κ2) is 5.48. The molecule has 0 heterocycles. The predicted molar refractivity (Wildman–Crippen MR) is 69.8 cm³/mol. The second-order valence-electron chi connectivity index (χ2n) is 3.99. The lowest BCUT2D eigenvalue weighted by atomic mass is 10.0. The van der Waals surface area contributed by atoms with E-state index in [-0.39, 0.29) is 11.3 Å². The monoisotopic (exact) mass is 275 g/mol. The minimum Gasteiger partial charge on any atom is -0.465 e. The van der Waals surface area contributed by atoms with Crippen LogP contribution >= 0.6 is 0 Å². The molecule has 0 saturated heterocycles. The van der Waals surface area contributed by atoms with Gasteiger partial charge in [0.05, 0.1) is 23.2 Å². The van der Waals surface area contributed by atoms with Gasteiger partial charge in [-0.15, -0.1) is 0 Å². The van der Waals surface area contributed by atoms with E-state index in [0.717, 1.165) is 6.07 Å². The fraction of sp³-hybridized carbons (Fsp3) is 0.0714. The maximum Gasteiger partial charge on any atom is 0.338 e. The number of ether oxygens (including phenoxy) is 1. The molecule has 2 rings (SSSR count). The van der Waals surface area contributed by atoms with Crippen molar-refractivity contribution in [2.24, 2.45) is 0 Å². The van der Waals surface area contributed by atoms with Crippen molar-refractivity contribution in [1.29, 1.82) is 0 Å². The molecular formula is C14H10FNO4. The fourth-order valence-electron chi connectivity index (χ4n) is 1.80. The van der Waals surface area contributed by atoms with Crippen molar-refractivity contribution >= 4 is 11.7 Å². The zero-order valence-corrected chi connectivity index (χ0v) is 10.5. The number of halogens is 1. The number of carbonyl (C=O) groups is 1. The zero-order chi connectivity index (χ0) is 14.7. The average Bonchev–Trinajstić information content (AvgIpc) is 2.46. The van der Waals surface area contributed by atoms with Gasteiger partial charge in [0.25, 0.3) is 5.69 Å². The van der Waals surface area contributed by atoms with Crippen LogP contribution in [0.5, 0.6) is 0 Å². The largest absolute Gasteiger partial charge is 0.465 e. The summed E-state index contributed by atoms with van der Waals surface area (Å²) in [4.78, 5) is 21.9. The van der Waals surface area contributed by atoms with Gasteiger partial charge in [0.2, 0.25) is 0 Å². The molecule has 0 aliphatic carbocycles. The van der Waals surface area contributed by atoms with Crippen LogP contribution in [0.2, 0.25) is 0 Å². The number of methoxy groups -OCH3 is 1. The molecule has 0 aromatic heterocycles. The Morgan fingerprint density at radius 2 is 1.85 bits per heavy atom. The van der Waals surface area contributed by atoms with Crippen molar-refractivity contribution in [2.75, 3.05) is 7.11 Å². The van der Waals surface area contributed by atoms with Crippen LogP contribution < -0.4 is 0 Å². The van der Waals surface area contributed by atoms with E-state index in [1.54, 1.807) is 0 Å². The molecule has 6 heteroatoms. The summed E-state index contributed by atoms with van der Waals surface area (Å²) < 4.78 is 17.4. The maximum absolute atomic E-state index is 12.9. The Balaban J connectivity index is 2.56. The van der Waals surface area contributed by atoms with Crippen LogP contribution in [-0.4, -0.2) is 18.0 Å². The number of nitro groups is 1. The first-order valence-corrected chi connectivity index (χ1v) is 5.65. The third kappa shape index (κ3) is 2.64. The van der Waals surface area contributed by atoms with Crippen LogP contribution in [0.4, 0.5) is 10.1 Å². The summed E-state index contributed by atoms with van der Waals surface area (Å²) in [7, 11) is 1.20. The van der Waals surface area contributed by atoms with Gasteiger partial charge in [0.15, 0.2) is 0 Å². The van der Waals surface area contributed by atoms with Crippen molar-refractivity contribution in [3.63, 3.8) is 0 Å². The lowest BCUT2D eigenvalue weighted by molar-refractivity contribution is -0.384. The van der Waals surface area contributed by atoms with Crippen molar-refractivity contribution < 1.29 is 18.8 Å². The first kappa shape index (κ1) is 13.7.